The summed E-state index contributed by atoms with van der Waals surface area (Å²) in [6, 6.07) is 12.7. The van der Waals surface area contributed by atoms with E-state index in [0.717, 1.165) is 5.56 Å². The van der Waals surface area contributed by atoms with Gasteiger partial charge in [0.15, 0.2) is 0 Å². The van der Waals surface area contributed by atoms with E-state index in [4.69, 9.17) is 9.47 Å². The van der Waals surface area contributed by atoms with Crippen molar-refractivity contribution >= 4 is 18.0 Å². The molecule has 0 spiro atoms. The van der Waals surface area contributed by atoms with Crippen LogP contribution in [0.3, 0.4) is 0 Å². The SMILES string of the molecule is CCOC(=O)c1ccc(/C=C/C(=O)OCc2ccccc2)[nH]1. The van der Waals surface area contributed by atoms with Crippen LogP contribution in [0.2, 0.25) is 0 Å². The van der Waals surface area contributed by atoms with E-state index in [1.54, 1.807) is 25.1 Å². The van der Waals surface area contributed by atoms with Crippen molar-refractivity contribution in [2.45, 2.75) is 13.5 Å². The van der Waals surface area contributed by atoms with Crippen LogP contribution in [0.1, 0.15) is 28.7 Å². The van der Waals surface area contributed by atoms with Gasteiger partial charge in [-0.25, -0.2) is 9.59 Å². The maximum atomic E-state index is 11.6. The predicted molar refractivity (Wildman–Crippen MR) is 82.0 cm³/mol. The molecule has 0 saturated heterocycles. The lowest BCUT2D eigenvalue weighted by Gasteiger charge is -2.01. The van der Waals surface area contributed by atoms with Crippen LogP contribution in [0.4, 0.5) is 0 Å². The van der Waals surface area contributed by atoms with Gasteiger partial charge < -0.3 is 14.5 Å². The quantitative estimate of drug-likeness (QED) is 0.657. The van der Waals surface area contributed by atoms with E-state index < -0.39 is 11.9 Å². The third kappa shape index (κ3) is 4.63. The highest BCUT2D eigenvalue weighted by molar-refractivity contribution is 5.89. The molecule has 0 fully saturated rings. The molecule has 0 atom stereocenters. The second-order valence-electron chi connectivity index (χ2n) is 4.47. The zero-order valence-corrected chi connectivity index (χ0v) is 12.2. The number of ether oxygens (including phenoxy) is 2. The van der Waals surface area contributed by atoms with Gasteiger partial charge in [0.2, 0.25) is 0 Å². The summed E-state index contributed by atoms with van der Waals surface area (Å²) in [7, 11) is 0. The Hall–Kier alpha value is -2.82. The second kappa shape index (κ2) is 7.83. The molecule has 0 unspecified atom stereocenters. The van der Waals surface area contributed by atoms with E-state index in [0.29, 0.717) is 18.0 Å². The highest BCUT2D eigenvalue weighted by Gasteiger charge is 2.07. The number of carbonyl (C=O) groups is 2. The normalized spacial score (nSPS) is 10.6. The van der Waals surface area contributed by atoms with Gasteiger partial charge in [0.25, 0.3) is 0 Å². The topological polar surface area (TPSA) is 68.4 Å². The maximum absolute atomic E-state index is 11.6. The number of hydrogen-bond acceptors (Lipinski definition) is 4. The summed E-state index contributed by atoms with van der Waals surface area (Å²) >= 11 is 0. The molecule has 0 bridgehead atoms. The first kappa shape index (κ1) is 15.6. The lowest BCUT2D eigenvalue weighted by molar-refractivity contribution is -0.138. The van der Waals surface area contributed by atoms with Crippen LogP contribution in [0.15, 0.2) is 48.5 Å². The number of H-pyrrole nitrogens is 1. The van der Waals surface area contributed by atoms with Crippen molar-refractivity contribution in [3.8, 4) is 0 Å². The van der Waals surface area contributed by atoms with E-state index >= 15 is 0 Å². The molecular weight excluding hydrogens is 282 g/mol. The van der Waals surface area contributed by atoms with Crippen LogP contribution in [0, 0.1) is 0 Å². The summed E-state index contributed by atoms with van der Waals surface area (Å²) in [6.07, 6.45) is 2.86. The van der Waals surface area contributed by atoms with Gasteiger partial charge in [-0.3, -0.25) is 0 Å². The molecule has 5 nitrogen and oxygen atoms in total. The lowest BCUT2D eigenvalue weighted by atomic mass is 10.2. The average Bonchev–Trinajstić information content (AvgIpc) is 3.01. The summed E-state index contributed by atoms with van der Waals surface area (Å²) < 4.78 is 9.98. The fraction of sp³-hybridized carbons (Fsp3) is 0.176. The van der Waals surface area contributed by atoms with Gasteiger partial charge in [0, 0.05) is 11.8 Å². The largest absolute Gasteiger partial charge is 0.461 e. The van der Waals surface area contributed by atoms with Crippen LogP contribution >= 0.6 is 0 Å². The Bertz CT molecular complexity index is 658. The van der Waals surface area contributed by atoms with Crippen molar-refractivity contribution in [2.75, 3.05) is 6.61 Å². The van der Waals surface area contributed by atoms with Crippen LogP contribution in [0.25, 0.3) is 6.08 Å². The molecule has 1 aromatic carbocycles. The highest BCUT2D eigenvalue weighted by Crippen LogP contribution is 2.06. The maximum Gasteiger partial charge on any atom is 0.354 e. The number of aromatic nitrogens is 1. The fourth-order valence-electron chi connectivity index (χ4n) is 1.77. The monoisotopic (exact) mass is 299 g/mol. The Labute approximate surface area is 128 Å². The molecule has 0 radical (unpaired) electrons. The number of esters is 2. The van der Waals surface area contributed by atoms with Gasteiger partial charge in [-0.1, -0.05) is 30.3 Å². The van der Waals surface area contributed by atoms with Gasteiger partial charge in [0.05, 0.1) is 6.61 Å². The van der Waals surface area contributed by atoms with Crippen LogP contribution in [-0.4, -0.2) is 23.5 Å². The first-order valence-corrected chi connectivity index (χ1v) is 6.94. The molecule has 0 amide bonds. The molecule has 0 saturated carbocycles. The number of carbonyl (C=O) groups excluding carboxylic acids is 2. The van der Waals surface area contributed by atoms with Crippen molar-refractivity contribution in [3.05, 3.63) is 65.5 Å². The summed E-state index contributed by atoms with van der Waals surface area (Å²) in [5, 5.41) is 0. The van der Waals surface area contributed by atoms with Gasteiger partial charge in [-0.2, -0.15) is 0 Å². The smallest absolute Gasteiger partial charge is 0.354 e. The van der Waals surface area contributed by atoms with Crippen LogP contribution in [0.5, 0.6) is 0 Å². The van der Waals surface area contributed by atoms with E-state index in [-0.39, 0.29) is 6.61 Å². The molecule has 0 aliphatic rings. The van der Waals surface area contributed by atoms with Crippen LogP contribution in [-0.2, 0) is 20.9 Å². The molecule has 5 heteroatoms. The predicted octanol–water partition coefficient (Wildman–Crippen LogP) is 2.95. The molecule has 22 heavy (non-hydrogen) atoms. The molecular formula is C17H17NO4. The second-order valence-corrected chi connectivity index (χ2v) is 4.47. The molecule has 1 aromatic heterocycles. The minimum absolute atomic E-state index is 0.225. The first-order valence-electron chi connectivity index (χ1n) is 6.94. The third-order valence-corrected chi connectivity index (χ3v) is 2.83. The van der Waals surface area contributed by atoms with E-state index in [1.807, 2.05) is 30.3 Å². The molecule has 114 valence electrons. The Morgan fingerprint density at radius 2 is 1.86 bits per heavy atom. The zero-order valence-electron chi connectivity index (χ0n) is 12.2. The van der Waals surface area contributed by atoms with E-state index in [2.05, 4.69) is 4.98 Å². The van der Waals surface area contributed by atoms with Gasteiger partial charge >= 0.3 is 11.9 Å². The number of rotatable bonds is 6. The van der Waals surface area contributed by atoms with Crippen molar-refractivity contribution in [1.29, 1.82) is 0 Å². The van der Waals surface area contributed by atoms with E-state index in [9.17, 15) is 9.59 Å². The third-order valence-electron chi connectivity index (χ3n) is 2.83. The minimum atomic E-state index is -0.448. The standard InChI is InChI=1S/C17H17NO4/c1-2-21-17(20)15-10-8-14(18-15)9-11-16(19)22-12-13-6-4-3-5-7-13/h3-11,18H,2,12H2,1H3/b11-9+. The summed E-state index contributed by atoms with van der Waals surface area (Å²) in [5.74, 6) is -0.870. The average molecular weight is 299 g/mol. The Kier molecular flexibility index (Phi) is 5.54. The van der Waals surface area contributed by atoms with Gasteiger partial charge in [0.1, 0.15) is 12.3 Å². The number of benzene rings is 1. The van der Waals surface area contributed by atoms with Gasteiger partial charge in [-0.15, -0.1) is 0 Å². The van der Waals surface area contributed by atoms with Crippen molar-refractivity contribution in [1.82, 2.24) is 4.98 Å². The van der Waals surface area contributed by atoms with Gasteiger partial charge in [-0.05, 0) is 30.7 Å². The molecule has 2 aromatic rings. The Balaban J connectivity index is 1.86. The first-order chi connectivity index (χ1) is 10.7. The summed E-state index contributed by atoms with van der Waals surface area (Å²) in [6.45, 7) is 2.28. The fourth-order valence-corrected chi connectivity index (χ4v) is 1.77. The van der Waals surface area contributed by atoms with E-state index in [1.165, 1.54) is 6.08 Å². The number of aromatic amines is 1. The highest BCUT2D eigenvalue weighted by atomic mass is 16.5. The molecule has 1 heterocycles. The lowest BCUT2D eigenvalue weighted by Crippen LogP contribution is -2.04. The molecule has 2 rings (SSSR count). The Morgan fingerprint density at radius 3 is 2.59 bits per heavy atom. The van der Waals surface area contributed by atoms with Crippen molar-refractivity contribution in [3.63, 3.8) is 0 Å². The summed E-state index contributed by atoms with van der Waals surface area (Å²) in [5.41, 5.74) is 1.90. The molecule has 0 aliphatic carbocycles. The van der Waals surface area contributed by atoms with Crippen molar-refractivity contribution in [2.24, 2.45) is 0 Å². The summed E-state index contributed by atoms with van der Waals surface area (Å²) in [4.78, 5) is 26.0. The number of hydrogen-bond donors (Lipinski definition) is 1. The number of nitrogens with one attached hydrogen (secondary N) is 1. The minimum Gasteiger partial charge on any atom is -0.461 e. The molecule has 1 N–H and O–H groups in total. The zero-order chi connectivity index (χ0) is 15.8. The Morgan fingerprint density at radius 1 is 1.09 bits per heavy atom. The molecule has 0 aliphatic heterocycles. The van der Waals surface area contributed by atoms with Crippen LogP contribution < -0.4 is 0 Å². The van der Waals surface area contributed by atoms with Crippen molar-refractivity contribution < 1.29 is 19.1 Å².